The summed E-state index contributed by atoms with van der Waals surface area (Å²) < 4.78 is 0. The van der Waals surface area contributed by atoms with Crippen molar-refractivity contribution in [3.63, 3.8) is 0 Å². The Balaban J connectivity index is 1.82. The quantitative estimate of drug-likeness (QED) is 0.735. The lowest BCUT2D eigenvalue weighted by atomic mass is 9.74. The molecular formula is C18H31NS. The molecule has 1 aliphatic carbocycles. The molecule has 1 aromatic rings. The summed E-state index contributed by atoms with van der Waals surface area (Å²) in [5.74, 6) is 2.76. The number of hydrogen-bond acceptors (Lipinski definition) is 2. The molecular weight excluding hydrogens is 262 g/mol. The molecule has 20 heavy (non-hydrogen) atoms. The van der Waals surface area contributed by atoms with E-state index in [1.54, 1.807) is 4.88 Å². The Morgan fingerprint density at radius 3 is 2.45 bits per heavy atom. The molecule has 1 unspecified atom stereocenters. The third-order valence-corrected chi connectivity index (χ3v) is 6.01. The predicted octanol–water partition coefficient (Wildman–Crippen LogP) is 5.12. The van der Waals surface area contributed by atoms with Crippen LogP contribution < -0.4 is 5.32 Å². The molecule has 0 amide bonds. The minimum atomic E-state index is 0.732. The van der Waals surface area contributed by atoms with Crippen molar-refractivity contribution in [1.82, 2.24) is 5.32 Å². The lowest BCUT2D eigenvalue weighted by Gasteiger charge is -2.36. The molecule has 1 nitrogen and oxygen atoms in total. The van der Waals surface area contributed by atoms with Gasteiger partial charge in [0.05, 0.1) is 0 Å². The minimum Gasteiger partial charge on any atom is -0.314 e. The number of nitrogens with one attached hydrogen (secondary N) is 1. The first kappa shape index (κ1) is 16.0. The standard InChI is InChI=1S/C18H31NS/c1-4-19-18(12-11-17-6-5-13-20-17)16-9-7-15(8-10-16)14(2)3/h5-6,13-16,18-19H,4,7-12H2,1-3H3. The van der Waals surface area contributed by atoms with Gasteiger partial charge in [-0.3, -0.25) is 0 Å². The van der Waals surface area contributed by atoms with E-state index in [-0.39, 0.29) is 0 Å². The SMILES string of the molecule is CCNC(CCc1cccs1)C1CCC(C(C)C)CC1. The van der Waals surface area contributed by atoms with E-state index in [2.05, 4.69) is 43.6 Å². The van der Waals surface area contributed by atoms with Gasteiger partial charge in [0, 0.05) is 10.9 Å². The van der Waals surface area contributed by atoms with Gasteiger partial charge in [0.1, 0.15) is 0 Å². The highest BCUT2D eigenvalue weighted by Crippen LogP contribution is 2.35. The largest absolute Gasteiger partial charge is 0.314 e. The van der Waals surface area contributed by atoms with Gasteiger partial charge in [0.25, 0.3) is 0 Å². The van der Waals surface area contributed by atoms with Crippen LogP contribution in [0.5, 0.6) is 0 Å². The van der Waals surface area contributed by atoms with Crippen molar-refractivity contribution in [1.29, 1.82) is 0 Å². The minimum absolute atomic E-state index is 0.732. The highest BCUT2D eigenvalue weighted by Gasteiger charge is 2.28. The second-order valence-corrected chi connectivity index (χ2v) is 7.73. The summed E-state index contributed by atoms with van der Waals surface area (Å²) in [6.45, 7) is 8.14. The van der Waals surface area contributed by atoms with Gasteiger partial charge < -0.3 is 5.32 Å². The molecule has 1 saturated carbocycles. The van der Waals surface area contributed by atoms with Crippen LogP contribution in [0.2, 0.25) is 0 Å². The van der Waals surface area contributed by atoms with E-state index in [4.69, 9.17) is 0 Å². The topological polar surface area (TPSA) is 12.0 Å². The monoisotopic (exact) mass is 293 g/mol. The molecule has 2 heteroatoms. The molecule has 1 atom stereocenters. The summed E-state index contributed by atoms with van der Waals surface area (Å²) in [5, 5.41) is 5.96. The van der Waals surface area contributed by atoms with Gasteiger partial charge >= 0.3 is 0 Å². The van der Waals surface area contributed by atoms with E-state index < -0.39 is 0 Å². The summed E-state index contributed by atoms with van der Waals surface area (Å²) in [6.07, 6.45) is 8.33. The van der Waals surface area contributed by atoms with Crippen molar-refractivity contribution in [2.45, 2.75) is 65.3 Å². The zero-order valence-corrected chi connectivity index (χ0v) is 14.2. The Kier molecular flexibility index (Phi) is 6.57. The molecule has 1 fully saturated rings. The molecule has 114 valence electrons. The van der Waals surface area contributed by atoms with Crippen LogP contribution >= 0.6 is 11.3 Å². The normalized spacial score (nSPS) is 25.0. The fourth-order valence-electron chi connectivity index (χ4n) is 3.73. The van der Waals surface area contributed by atoms with Gasteiger partial charge in [-0.1, -0.05) is 26.8 Å². The Bertz CT molecular complexity index is 350. The van der Waals surface area contributed by atoms with Crippen LogP contribution in [0.25, 0.3) is 0 Å². The van der Waals surface area contributed by atoms with Gasteiger partial charge in [-0.25, -0.2) is 0 Å². The van der Waals surface area contributed by atoms with Crippen LogP contribution in [0.3, 0.4) is 0 Å². The van der Waals surface area contributed by atoms with E-state index in [0.717, 1.165) is 30.3 Å². The molecule has 1 N–H and O–H groups in total. The summed E-state index contributed by atoms with van der Waals surface area (Å²) >= 11 is 1.91. The zero-order chi connectivity index (χ0) is 14.4. The molecule has 1 heterocycles. The van der Waals surface area contributed by atoms with E-state index in [0.29, 0.717) is 0 Å². The molecule has 0 radical (unpaired) electrons. The second-order valence-electron chi connectivity index (χ2n) is 6.70. The molecule has 1 aliphatic rings. The van der Waals surface area contributed by atoms with Crippen molar-refractivity contribution < 1.29 is 0 Å². The highest BCUT2D eigenvalue weighted by atomic mass is 32.1. The van der Waals surface area contributed by atoms with E-state index in [1.807, 2.05) is 11.3 Å². The zero-order valence-electron chi connectivity index (χ0n) is 13.4. The molecule has 1 aromatic heterocycles. The molecule has 0 saturated heterocycles. The fraction of sp³-hybridized carbons (Fsp3) is 0.778. The van der Waals surface area contributed by atoms with Gasteiger partial charge in [0.2, 0.25) is 0 Å². The smallest absolute Gasteiger partial charge is 0.00986 e. The maximum atomic E-state index is 3.76. The molecule has 2 rings (SSSR count). The molecule has 0 bridgehead atoms. The van der Waals surface area contributed by atoms with Crippen molar-refractivity contribution in [2.75, 3.05) is 6.54 Å². The summed E-state index contributed by atoms with van der Waals surface area (Å²) in [7, 11) is 0. The first-order valence-corrected chi connectivity index (χ1v) is 9.34. The first-order valence-electron chi connectivity index (χ1n) is 8.46. The molecule has 0 aliphatic heterocycles. The predicted molar refractivity (Wildman–Crippen MR) is 90.4 cm³/mol. The van der Waals surface area contributed by atoms with Crippen molar-refractivity contribution >= 4 is 11.3 Å². The van der Waals surface area contributed by atoms with E-state index in [1.165, 1.54) is 38.5 Å². The summed E-state index contributed by atoms with van der Waals surface area (Å²) in [4.78, 5) is 1.55. The lowest BCUT2D eigenvalue weighted by Crippen LogP contribution is -2.38. The van der Waals surface area contributed by atoms with Crippen LogP contribution in [0.1, 0.15) is 57.8 Å². The number of thiophene rings is 1. The molecule has 0 spiro atoms. The third-order valence-electron chi connectivity index (χ3n) is 5.08. The van der Waals surface area contributed by atoms with Crippen molar-refractivity contribution in [3.8, 4) is 0 Å². The van der Waals surface area contributed by atoms with Crippen LogP contribution in [-0.4, -0.2) is 12.6 Å². The number of hydrogen-bond donors (Lipinski definition) is 1. The van der Waals surface area contributed by atoms with Crippen molar-refractivity contribution in [2.24, 2.45) is 17.8 Å². The van der Waals surface area contributed by atoms with Gasteiger partial charge in [0.15, 0.2) is 0 Å². The van der Waals surface area contributed by atoms with Gasteiger partial charge in [-0.15, -0.1) is 11.3 Å². The third kappa shape index (κ3) is 4.60. The Morgan fingerprint density at radius 1 is 1.20 bits per heavy atom. The maximum absolute atomic E-state index is 3.76. The number of rotatable bonds is 7. The first-order chi connectivity index (χ1) is 9.70. The average molecular weight is 294 g/mol. The lowest BCUT2D eigenvalue weighted by molar-refractivity contribution is 0.185. The van der Waals surface area contributed by atoms with Crippen LogP contribution in [-0.2, 0) is 6.42 Å². The van der Waals surface area contributed by atoms with Crippen LogP contribution in [0, 0.1) is 17.8 Å². The highest BCUT2D eigenvalue weighted by molar-refractivity contribution is 7.09. The summed E-state index contributed by atoms with van der Waals surface area (Å²) in [6, 6.07) is 5.19. The fourth-order valence-corrected chi connectivity index (χ4v) is 4.46. The number of aryl methyl sites for hydroxylation is 1. The Morgan fingerprint density at radius 2 is 1.90 bits per heavy atom. The van der Waals surface area contributed by atoms with E-state index in [9.17, 15) is 0 Å². The second kappa shape index (κ2) is 8.19. The Labute approximate surface area is 129 Å². The van der Waals surface area contributed by atoms with Gasteiger partial charge in [-0.2, -0.15) is 0 Å². The maximum Gasteiger partial charge on any atom is 0.00986 e. The Hall–Kier alpha value is -0.340. The van der Waals surface area contributed by atoms with Crippen molar-refractivity contribution in [3.05, 3.63) is 22.4 Å². The van der Waals surface area contributed by atoms with Crippen LogP contribution in [0.4, 0.5) is 0 Å². The molecule has 0 aromatic carbocycles. The van der Waals surface area contributed by atoms with Crippen LogP contribution in [0.15, 0.2) is 17.5 Å². The van der Waals surface area contributed by atoms with E-state index >= 15 is 0 Å². The summed E-state index contributed by atoms with van der Waals surface area (Å²) in [5.41, 5.74) is 0. The average Bonchev–Trinajstić information content (AvgIpc) is 2.97. The van der Waals surface area contributed by atoms with Gasteiger partial charge in [-0.05, 0) is 74.3 Å².